The van der Waals surface area contributed by atoms with Crippen LogP contribution in [-0.2, 0) is 9.53 Å². The first-order valence-electron chi connectivity index (χ1n) is 7.49. The molecule has 0 fully saturated rings. The third-order valence-electron chi connectivity index (χ3n) is 3.45. The number of rotatable bonds is 6. The van der Waals surface area contributed by atoms with Crippen molar-refractivity contribution in [2.75, 3.05) is 7.11 Å². The van der Waals surface area contributed by atoms with E-state index in [9.17, 15) is 18.8 Å². The number of halogens is 4. The molecule has 0 amide bonds. The van der Waals surface area contributed by atoms with Crippen LogP contribution < -0.4 is 4.74 Å². The van der Waals surface area contributed by atoms with Crippen LogP contribution in [-0.4, -0.2) is 24.8 Å². The second kappa shape index (κ2) is 9.17. The third kappa shape index (κ3) is 5.42. The summed E-state index contributed by atoms with van der Waals surface area (Å²) in [6, 6.07) is 6.25. The first-order chi connectivity index (χ1) is 12.7. The molecule has 2 aromatic carbocycles. The first-order valence-corrected chi connectivity index (χ1v) is 8.62. The number of ether oxygens (including phenoxy) is 2. The minimum atomic E-state index is -1.06. The number of ketones is 1. The Hall–Kier alpha value is -2.15. The molecule has 0 spiro atoms. The highest BCUT2D eigenvalue weighted by molar-refractivity contribution is 6.45. The molecule has 0 radical (unpaired) electrons. The molecule has 2 rings (SSSR count). The number of esters is 2. The first kappa shape index (κ1) is 21.2. The summed E-state index contributed by atoms with van der Waals surface area (Å²) < 4.78 is 23.3. The van der Waals surface area contributed by atoms with Gasteiger partial charge in [0.2, 0.25) is 0 Å². The zero-order chi connectivity index (χ0) is 20.1. The summed E-state index contributed by atoms with van der Waals surface area (Å²) in [6.45, 7) is 0. The van der Waals surface area contributed by atoms with Gasteiger partial charge < -0.3 is 9.47 Å². The highest BCUT2D eigenvalue weighted by atomic mass is 35.5. The monoisotopic (exact) mass is 432 g/mol. The Bertz CT molecular complexity index is 914. The predicted molar refractivity (Wildman–Crippen MR) is 98.4 cm³/mol. The van der Waals surface area contributed by atoms with Crippen molar-refractivity contribution in [1.29, 1.82) is 0 Å². The molecule has 9 heteroatoms. The van der Waals surface area contributed by atoms with E-state index in [1.165, 1.54) is 31.4 Å². The molecule has 0 aliphatic carbocycles. The number of carbonyl (C=O) groups excluding carboxylic acids is 3. The van der Waals surface area contributed by atoms with Gasteiger partial charge in [0.15, 0.2) is 5.78 Å². The number of hydrogen-bond donors (Lipinski definition) is 0. The zero-order valence-corrected chi connectivity index (χ0v) is 16.1. The fourth-order valence-electron chi connectivity index (χ4n) is 2.11. The fraction of sp³-hybridized carbons (Fsp3) is 0.167. The van der Waals surface area contributed by atoms with Gasteiger partial charge in [-0.3, -0.25) is 9.59 Å². The van der Waals surface area contributed by atoms with Gasteiger partial charge in [-0.2, -0.15) is 0 Å². The minimum absolute atomic E-state index is 0.0220. The van der Waals surface area contributed by atoms with Gasteiger partial charge in [-0.15, -0.1) is 0 Å². The van der Waals surface area contributed by atoms with Crippen molar-refractivity contribution >= 4 is 52.5 Å². The van der Waals surface area contributed by atoms with Gasteiger partial charge in [-0.25, -0.2) is 9.18 Å². The van der Waals surface area contributed by atoms with Gasteiger partial charge in [0.25, 0.3) is 0 Å². The molecule has 2 aromatic rings. The van der Waals surface area contributed by atoms with Gasteiger partial charge in [0.05, 0.1) is 34.7 Å². The molecular formula is C18H12Cl3FO5. The number of hydrogen-bond acceptors (Lipinski definition) is 5. The van der Waals surface area contributed by atoms with Gasteiger partial charge in [0, 0.05) is 17.5 Å². The topological polar surface area (TPSA) is 69.7 Å². The molecule has 142 valence electrons. The zero-order valence-electron chi connectivity index (χ0n) is 13.9. The molecular weight excluding hydrogens is 422 g/mol. The average molecular weight is 434 g/mol. The van der Waals surface area contributed by atoms with E-state index in [1.807, 2.05) is 0 Å². The van der Waals surface area contributed by atoms with Gasteiger partial charge in [-0.05, 0) is 24.3 Å². The van der Waals surface area contributed by atoms with E-state index in [0.29, 0.717) is 0 Å². The highest BCUT2D eigenvalue weighted by Crippen LogP contribution is 2.30. The van der Waals surface area contributed by atoms with Crippen molar-refractivity contribution in [3.05, 3.63) is 62.3 Å². The van der Waals surface area contributed by atoms with E-state index in [-0.39, 0.29) is 38.4 Å². The summed E-state index contributed by atoms with van der Waals surface area (Å²) in [4.78, 5) is 35.9. The maximum Gasteiger partial charge on any atom is 0.347 e. The van der Waals surface area contributed by atoms with Crippen LogP contribution in [0.1, 0.15) is 33.6 Å². The van der Waals surface area contributed by atoms with E-state index in [4.69, 9.17) is 39.5 Å². The van der Waals surface area contributed by atoms with Crippen LogP contribution in [0, 0.1) is 5.82 Å². The van der Waals surface area contributed by atoms with Crippen molar-refractivity contribution < 1.29 is 28.2 Å². The molecule has 0 bridgehead atoms. The normalized spacial score (nSPS) is 10.4. The van der Waals surface area contributed by atoms with Crippen LogP contribution in [0.2, 0.25) is 15.1 Å². The molecule has 5 nitrogen and oxygen atoms in total. The lowest BCUT2D eigenvalue weighted by molar-refractivity contribution is -0.137. The fourth-order valence-corrected chi connectivity index (χ4v) is 2.79. The molecule has 0 saturated heterocycles. The molecule has 0 N–H and O–H groups in total. The Morgan fingerprint density at radius 1 is 1.00 bits per heavy atom. The van der Waals surface area contributed by atoms with Crippen LogP contribution in [0.3, 0.4) is 0 Å². The minimum Gasteiger partial charge on any atom is -0.497 e. The lowest BCUT2D eigenvalue weighted by Gasteiger charge is -2.07. The Balaban J connectivity index is 1.98. The summed E-state index contributed by atoms with van der Waals surface area (Å²) in [6.07, 6.45) is -0.776. The van der Waals surface area contributed by atoms with E-state index in [0.717, 1.165) is 6.07 Å². The average Bonchev–Trinajstić information content (AvgIpc) is 2.62. The number of carbonyl (C=O) groups is 3. The highest BCUT2D eigenvalue weighted by Gasteiger charge is 2.20. The lowest BCUT2D eigenvalue weighted by atomic mass is 10.1. The smallest absolute Gasteiger partial charge is 0.347 e. The van der Waals surface area contributed by atoms with Gasteiger partial charge >= 0.3 is 11.9 Å². The van der Waals surface area contributed by atoms with E-state index in [2.05, 4.69) is 4.74 Å². The molecule has 0 aliphatic rings. The SMILES string of the molecule is COc1ccc(C(=O)CCC(=O)OC(=O)c2cc(Cl)cc(Cl)c2Cl)c(F)c1. The maximum atomic E-state index is 13.9. The van der Waals surface area contributed by atoms with Crippen molar-refractivity contribution in [2.45, 2.75) is 12.8 Å². The van der Waals surface area contributed by atoms with Gasteiger partial charge in [-0.1, -0.05) is 34.8 Å². The maximum absolute atomic E-state index is 13.9. The van der Waals surface area contributed by atoms with E-state index >= 15 is 0 Å². The van der Waals surface area contributed by atoms with E-state index < -0.39 is 30.0 Å². The summed E-state index contributed by atoms with van der Waals surface area (Å²) in [5.41, 5.74) is -0.380. The second-order valence-corrected chi connectivity index (χ2v) is 6.50. The summed E-state index contributed by atoms with van der Waals surface area (Å²) in [5.74, 6) is -3.18. The number of Topliss-reactive ketones (excluding diaryl/α,β-unsaturated/α-hetero) is 1. The molecule has 0 saturated carbocycles. The Labute approximate surface area is 168 Å². The van der Waals surface area contributed by atoms with Gasteiger partial charge in [0.1, 0.15) is 11.6 Å². The Morgan fingerprint density at radius 3 is 2.33 bits per heavy atom. The lowest BCUT2D eigenvalue weighted by Crippen LogP contribution is -2.15. The third-order valence-corrected chi connectivity index (χ3v) is 4.47. The summed E-state index contributed by atoms with van der Waals surface area (Å²) in [5, 5.41) is 0.0397. The molecule has 0 atom stereocenters. The van der Waals surface area contributed by atoms with Crippen molar-refractivity contribution in [2.24, 2.45) is 0 Å². The van der Waals surface area contributed by atoms with E-state index in [1.54, 1.807) is 0 Å². The molecule has 0 unspecified atom stereocenters. The standard InChI is InChI=1S/C18H12Cl3FO5/c1-26-10-2-3-11(14(22)8-10)15(23)4-5-16(24)27-18(25)12-6-9(19)7-13(20)17(12)21/h2-3,6-8H,4-5H2,1H3. The van der Waals surface area contributed by atoms with Crippen molar-refractivity contribution in [3.8, 4) is 5.75 Å². The number of benzene rings is 2. The largest absolute Gasteiger partial charge is 0.497 e. The van der Waals surface area contributed by atoms with Crippen LogP contribution in [0.4, 0.5) is 4.39 Å². The van der Waals surface area contributed by atoms with Crippen molar-refractivity contribution in [3.63, 3.8) is 0 Å². The number of methoxy groups -OCH3 is 1. The Kier molecular flexibility index (Phi) is 7.18. The molecule has 27 heavy (non-hydrogen) atoms. The second-order valence-electron chi connectivity index (χ2n) is 5.28. The van der Waals surface area contributed by atoms with Crippen LogP contribution in [0.25, 0.3) is 0 Å². The predicted octanol–water partition coefficient (Wildman–Crippen LogP) is 5.14. The molecule has 0 aromatic heterocycles. The van der Waals surface area contributed by atoms with Crippen LogP contribution in [0.15, 0.2) is 30.3 Å². The Morgan fingerprint density at radius 2 is 1.70 bits per heavy atom. The van der Waals surface area contributed by atoms with Crippen LogP contribution >= 0.6 is 34.8 Å². The van der Waals surface area contributed by atoms with Crippen molar-refractivity contribution in [1.82, 2.24) is 0 Å². The quantitative estimate of drug-likeness (QED) is 0.273. The molecule has 0 aliphatic heterocycles. The molecule has 0 heterocycles. The summed E-state index contributed by atoms with van der Waals surface area (Å²) >= 11 is 17.5. The summed E-state index contributed by atoms with van der Waals surface area (Å²) in [7, 11) is 1.36. The van der Waals surface area contributed by atoms with Crippen LogP contribution in [0.5, 0.6) is 5.75 Å².